The van der Waals surface area contributed by atoms with Crippen LogP contribution in [-0.4, -0.2) is 25.0 Å². The first-order valence-electron chi connectivity index (χ1n) is 6.75. The van der Waals surface area contributed by atoms with Gasteiger partial charge in [-0.3, -0.25) is 4.79 Å². The summed E-state index contributed by atoms with van der Waals surface area (Å²) in [5.74, 6) is 0.171. The number of hydrogen-bond acceptors (Lipinski definition) is 3. The molecular weight excluding hydrogens is 238 g/mol. The summed E-state index contributed by atoms with van der Waals surface area (Å²) in [4.78, 5) is 13.3. The Labute approximate surface area is 115 Å². The minimum Gasteiger partial charge on any atom is -0.326 e. The van der Waals surface area contributed by atoms with Gasteiger partial charge in [-0.1, -0.05) is 12.1 Å². The molecule has 0 saturated carbocycles. The maximum absolute atomic E-state index is 11.6. The normalized spacial score (nSPS) is 14.9. The highest BCUT2D eigenvalue weighted by molar-refractivity contribution is 6.00. The largest absolute Gasteiger partial charge is 0.326 e. The van der Waals surface area contributed by atoms with Crippen molar-refractivity contribution in [3.05, 3.63) is 29.3 Å². The third-order valence-electron chi connectivity index (χ3n) is 3.50. The molecule has 3 N–H and O–H groups in total. The molecule has 2 rings (SSSR count). The summed E-state index contributed by atoms with van der Waals surface area (Å²) in [5, 5.41) is 3.39. The second kappa shape index (κ2) is 5.31. The van der Waals surface area contributed by atoms with Crippen LogP contribution in [0, 0.1) is 0 Å². The molecule has 0 fully saturated rings. The number of anilines is 1. The van der Waals surface area contributed by atoms with Crippen LogP contribution in [0.4, 0.5) is 5.69 Å². The molecule has 0 bridgehead atoms. The molecule has 1 heterocycles. The highest BCUT2D eigenvalue weighted by atomic mass is 16.2. The minimum absolute atomic E-state index is 0.125. The fraction of sp³-hybridized carbons (Fsp3) is 0.533. The van der Waals surface area contributed by atoms with Gasteiger partial charge >= 0.3 is 0 Å². The van der Waals surface area contributed by atoms with E-state index in [0.29, 0.717) is 6.42 Å². The monoisotopic (exact) mass is 261 g/mol. The maximum Gasteiger partial charge on any atom is 0.231 e. The lowest BCUT2D eigenvalue weighted by molar-refractivity contribution is -0.117. The third kappa shape index (κ3) is 3.55. The van der Waals surface area contributed by atoms with Crippen LogP contribution in [-0.2, 0) is 17.8 Å². The van der Waals surface area contributed by atoms with Gasteiger partial charge in [0.25, 0.3) is 0 Å². The van der Waals surface area contributed by atoms with Crippen LogP contribution >= 0.6 is 0 Å². The lowest BCUT2D eigenvalue weighted by Gasteiger charge is -2.18. The predicted molar refractivity (Wildman–Crippen MR) is 78.1 cm³/mol. The highest BCUT2D eigenvalue weighted by Gasteiger charge is 2.23. The second-order valence-electron chi connectivity index (χ2n) is 6.01. The van der Waals surface area contributed by atoms with Crippen molar-refractivity contribution in [2.75, 3.05) is 18.5 Å². The molecule has 104 valence electrons. The number of likely N-dealkylation sites (N-methyl/N-ethyl adjacent to an activating group) is 1. The van der Waals surface area contributed by atoms with Crippen LogP contribution in [0.1, 0.15) is 31.4 Å². The zero-order valence-electron chi connectivity index (χ0n) is 12.0. The van der Waals surface area contributed by atoms with Crippen LogP contribution in [0.3, 0.4) is 0 Å². The van der Waals surface area contributed by atoms with Crippen molar-refractivity contribution in [1.82, 2.24) is 5.32 Å². The quantitative estimate of drug-likeness (QED) is 0.788. The number of nitrogens with two attached hydrogens (primary N) is 1. The molecule has 1 amide bonds. The number of carbonyl (C=O) groups excluding carboxylic acids is 1. The van der Waals surface area contributed by atoms with E-state index in [0.717, 1.165) is 30.8 Å². The number of amides is 1. The standard InChI is InChI=1S/C15H23N3O/c1-15(2,16)6-7-17-10-11-4-5-13-12(8-11)9-14(19)18(13)3/h4-5,8,17H,6-7,9-10,16H2,1-3H3. The number of nitrogens with one attached hydrogen (secondary N) is 1. The van der Waals surface area contributed by atoms with Gasteiger partial charge in [-0.2, -0.15) is 0 Å². The number of nitrogens with zero attached hydrogens (tertiary/aromatic N) is 1. The van der Waals surface area contributed by atoms with E-state index in [1.165, 1.54) is 5.56 Å². The molecule has 0 aliphatic carbocycles. The topological polar surface area (TPSA) is 58.4 Å². The van der Waals surface area contributed by atoms with E-state index in [2.05, 4.69) is 17.4 Å². The Balaban J connectivity index is 1.90. The van der Waals surface area contributed by atoms with Crippen LogP contribution in [0.2, 0.25) is 0 Å². The van der Waals surface area contributed by atoms with Gasteiger partial charge in [0.05, 0.1) is 6.42 Å². The third-order valence-corrected chi connectivity index (χ3v) is 3.50. The van der Waals surface area contributed by atoms with Gasteiger partial charge in [-0.15, -0.1) is 0 Å². The first-order chi connectivity index (χ1) is 8.87. The first kappa shape index (κ1) is 14.0. The summed E-state index contributed by atoms with van der Waals surface area (Å²) in [7, 11) is 1.83. The maximum atomic E-state index is 11.6. The molecule has 0 spiro atoms. The van der Waals surface area contributed by atoms with Gasteiger partial charge in [-0.25, -0.2) is 0 Å². The van der Waals surface area contributed by atoms with E-state index in [4.69, 9.17) is 5.73 Å². The molecule has 0 aromatic heterocycles. The average Bonchev–Trinajstić information content (AvgIpc) is 2.59. The molecular formula is C15H23N3O. The number of fused-ring (bicyclic) bond motifs is 1. The van der Waals surface area contributed by atoms with Crippen LogP contribution in [0.25, 0.3) is 0 Å². The van der Waals surface area contributed by atoms with Crippen molar-refractivity contribution in [2.24, 2.45) is 5.73 Å². The molecule has 1 aromatic rings. The lowest BCUT2D eigenvalue weighted by Crippen LogP contribution is -2.35. The lowest BCUT2D eigenvalue weighted by atomic mass is 10.0. The second-order valence-corrected chi connectivity index (χ2v) is 6.01. The van der Waals surface area contributed by atoms with Gasteiger partial charge in [0.1, 0.15) is 0 Å². The van der Waals surface area contributed by atoms with Crippen LogP contribution in [0.5, 0.6) is 0 Å². The van der Waals surface area contributed by atoms with Crippen molar-refractivity contribution in [3.63, 3.8) is 0 Å². The molecule has 4 heteroatoms. The summed E-state index contributed by atoms with van der Waals surface area (Å²) in [6, 6.07) is 6.23. The summed E-state index contributed by atoms with van der Waals surface area (Å²) in [6.07, 6.45) is 1.47. The highest BCUT2D eigenvalue weighted by Crippen LogP contribution is 2.28. The Morgan fingerprint density at radius 1 is 1.42 bits per heavy atom. The summed E-state index contributed by atoms with van der Waals surface area (Å²) in [6.45, 7) is 5.79. The van der Waals surface area contributed by atoms with E-state index in [1.807, 2.05) is 27.0 Å². The Hall–Kier alpha value is -1.39. The Bertz CT molecular complexity index is 477. The Morgan fingerprint density at radius 3 is 2.84 bits per heavy atom. The van der Waals surface area contributed by atoms with Gasteiger partial charge < -0.3 is 16.0 Å². The smallest absolute Gasteiger partial charge is 0.231 e. The van der Waals surface area contributed by atoms with Crippen molar-refractivity contribution in [1.29, 1.82) is 0 Å². The zero-order valence-corrected chi connectivity index (χ0v) is 12.0. The van der Waals surface area contributed by atoms with E-state index >= 15 is 0 Å². The molecule has 0 unspecified atom stereocenters. The summed E-state index contributed by atoms with van der Waals surface area (Å²) < 4.78 is 0. The summed E-state index contributed by atoms with van der Waals surface area (Å²) in [5.41, 5.74) is 9.20. The van der Waals surface area contributed by atoms with Gasteiger partial charge in [0.2, 0.25) is 5.91 Å². The van der Waals surface area contributed by atoms with Crippen molar-refractivity contribution >= 4 is 11.6 Å². The number of carbonyl (C=O) groups is 1. The van der Waals surface area contributed by atoms with Crippen molar-refractivity contribution in [2.45, 2.75) is 38.8 Å². The Morgan fingerprint density at radius 2 is 2.16 bits per heavy atom. The molecule has 0 radical (unpaired) electrons. The minimum atomic E-state index is -0.125. The van der Waals surface area contributed by atoms with Crippen molar-refractivity contribution < 1.29 is 4.79 Å². The molecule has 19 heavy (non-hydrogen) atoms. The number of rotatable bonds is 5. The van der Waals surface area contributed by atoms with Crippen molar-refractivity contribution in [3.8, 4) is 0 Å². The van der Waals surface area contributed by atoms with Gasteiger partial charge in [-0.05, 0) is 44.0 Å². The molecule has 0 atom stereocenters. The molecule has 4 nitrogen and oxygen atoms in total. The van der Waals surface area contributed by atoms with Gasteiger partial charge in [0, 0.05) is 24.8 Å². The SMILES string of the molecule is CN1C(=O)Cc2cc(CNCCC(C)(C)N)ccc21. The van der Waals surface area contributed by atoms with Crippen LogP contribution < -0.4 is 16.0 Å². The van der Waals surface area contributed by atoms with Crippen LogP contribution in [0.15, 0.2) is 18.2 Å². The predicted octanol–water partition coefficient (Wildman–Crippen LogP) is 1.42. The number of hydrogen-bond donors (Lipinski definition) is 2. The number of benzene rings is 1. The van der Waals surface area contributed by atoms with E-state index in [9.17, 15) is 4.79 Å². The molecule has 1 aromatic carbocycles. The van der Waals surface area contributed by atoms with E-state index < -0.39 is 0 Å². The van der Waals surface area contributed by atoms with E-state index in [1.54, 1.807) is 4.90 Å². The Kier molecular flexibility index (Phi) is 3.92. The van der Waals surface area contributed by atoms with E-state index in [-0.39, 0.29) is 11.4 Å². The molecule has 0 saturated heterocycles. The average molecular weight is 261 g/mol. The molecule has 1 aliphatic rings. The zero-order chi connectivity index (χ0) is 14.0. The fourth-order valence-electron chi connectivity index (χ4n) is 2.28. The first-order valence-corrected chi connectivity index (χ1v) is 6.75. The fourth-order valence-corrected chi connectivity index (χ4v) is 2.28. The summed E-state index contributed by atoms with van der Waals surface area (Å²) >= 11 is 0. The molecule has 1 aliphatic heterocycles. The van der Waals surface area contributed by atoms with Gasteiger partial charge in [0.15, 0.2) is 0 Å².